The number of carbonyl (C=O) groups excluding carboxylic acids is 1. The van der Waals surface area contributed by atoms with Gasteiger partial charge in [-0.2, -0.15) is 0 Å². The second-order valence-electron chi connectivity index (χ2n) is 4.05. The third kappa shape index (κ3) is 4.61. The fourth-order valence-corrected chi connectivity index (χ4v) is 1.15. The van der Waals surface area contributed by atoms with Crippen LogP contribution in [0.25, 0.3) is 0 Å². The lowest BCUT2D eigenvalue weighted by Crippen LogP contribution is -2.25. The molecular weight excluding hydrogens is 180 g/mol. The topological polar surface area (TPSA) is 35.5 Å². The van der Waals surface area contributed by atoms with Gasteiger partial charge in [0.25, 0.3) is 0 Å². The number of carbonyl (C=O) groups is 1. The molecule has 2 atom stereocenters. The second-order valence-corrected chi connectivity index (χ2v) is 4.05. The van der Waals surface area contributed by atoms with Crippen molar-refractivity contribution in [2.75, 3.05) is 20.3 Å². The molecule has 0 radical (unpaired) electrons. The summed E-state index contributed by atoms with van der Waals surface area (Å²) in [6, 6.07) is 0. The lowest BCUT2D eigenvalue weighted by molar-refractivity contribution is -0.151. The number of hydrogen-bond acceptors (Lipinski definition) is 3. The van der Waals surface area contributed by atoms with Crippen molar-refractivity contribution in [2.24, 2.45) is 17.8 Å². The summed E-state index contributed by atoms with van der Waals surface area (Å²) in [7, 11) is 1.59. The van der Waals surface area contributed by atoms with Gasteiger partial charge in [-0.25, -0.2) is 0 Å². The molecule has 0 rings (SSSR count). The fraction of sp³-hybridized carbons (Fsp3) is 0.909. The van der Waals surface area contributed by atoms with Crippen LogP contribution in [0.15, 0.2) is 0 Å². The van der Waals surface area contributed by atoms with E-state index in [1.807, 2.05) is 6.92 Å². The molecule has 3 heteroatoms. The second kappa shape index (κ2) is 6.82. The lowest BCUT2D eigenvalue weighted by Gasteiger charge is -2.21. The van der Waals surface area contributed by atoms with Gasteiger partial charge in [0.05, 0.1) is 12.5 Å². The summed E-state index contributed by atoms with van der Waals surface area (Å²) in [5.74, 6) is 0.695. The molecule has 84 valence electrons. The third-order valence-electron chi connectivity index (χ3n) is 2.74. The molecule has 0 N–H and O–H groups in total. The van der Waals surface area contributed by atoms with Gasteiger partial charge < -0.3 is 9.47 Å². The van der Waals surface area contributed by atoms with Crippen LogP contribution in [0.4, 0.5) is 0 Å². The molecule has 0 aliphatic heterocycles. The SMILES string of the molecule is COCCOC(=O)C(C)C(C)C(C)C. The highest BCUT2D eigenvalue weighted by atomic mass is 16.6. The zero-order chi connectivity index (χ0) is 11.1. The van der Waals surface area contributed by atoms with Crippen LogP contribution in [0.5, 0.6) is 0 Å². The van der Waals surface area contributed by atoms with Gasteiger partial charge in [-0.15, -0.1) is 0 Å². The monoisotopic (exact) mass is 202 g/mol. The molecule has 0 fully saturated rings. The molecule has 0 bridgehead atoms. The van der Waals surface area contributed by atoms with Crippen molar-refractivity contribution in [2.45, 2.75) is 27.7 Å². The highest BCUT2D eigenvalue weighted by Gasteiger charge is 2.23. The van der Waals surface area contributed by atoms with Crippen molar-refractivity contribution in [3.8, 4) is 0 Å². The highest BCUT2D eigenvalue weighted by Crippen LogP contribution is 2.20. The molecule has 0 aromatic heterocycles. The Balaban J connectivity index is 3.86. The van der Waals surface area contributed by atoms with Gasteiger partial charge in [0.1, 0.15) is 6.61 Å². The number of hydrogen-bond donors (Lipinski definition) is 0. The summed E-state index contributed by atoms with van der Waals surface area (Å²) in [5.41, 5.74) is 0. The molecule has 2 unspecified atom stereocenters. The van der Waals surface area contributed by atoms with Crippen molar-refractivity contribution in [1.82, 2.24) is 0 Å². The van der Waals surface area contributed by atoms with E-state index in [0.29, 0.717) is 25.0 Å². The van der Waals surface area contributed by atoms with Crippen LogP contribution in [0.1, 0.15) is 27.7 Å². The van der Waals surface area contributed by atoms with E-state index in [4.69, 9.17) is 9.47 Å². The molecule has 0 aliphatic rings. The van der Waals surface area contributed by atoms with Gasteiger partial charge in [0.15, 0.2) is 0 Å². The predicted octanol–water partition coefficient (Wildman–Crippen LogP) is 2.10. The Morgan fingerprint density at radius 1 is 1.14 bits per heavy atom. The van der Waals surface area contributed by atoms with Gasteiger partial charge in [-0.1, -0.05) is 27.7 Å². The molecule has 0 saturated carbocycles. The average molecular weight is 202 g/mol. The van der Waals surface area contributed by atoms with Crippen LogP contribution < -0.4 is 0 Å². The molecule has 0 spiro atoms. The highest BCUT2D eigenvalue weighted by molar-refractivity contribution is 5.72. The minimum atomic E-state index is -0.122. The zero-order valence-electron chi connectivity index (χ0n) is 9.87. The molecule has 14 heavy (non-hydrogen) atoms. The molecule has 0 amide bonds. The maximum absolute atomic E-state index is 11.5. The molecule has 0 aromatic rings. The Labute approximate surface area is 86.8 Å². The van der Waals surface area contributed by atoms with Crippen LogP contribution in [0, 0.1) is 17.8 Å². The van der Waals surface area contributed by atoms with E-state index in [0.717, 1.165) is 0 Å². The maximum Gasteiger partial charge on any atom is 0.309 e. The lowest BCUT2D eigenvalue weighted by atomic mass is 9.86. The van der Waals surface area contributed by atoms with Crippen LogP contribution >= 0.6 is 0 Å². The largest absolute Gasteiger partial charge is 0.463 e. The Bertz CT molecular complexity index is 166. The Morgan fingerprint density at radius 3 is 2.14 bits per heavy atom. The van der Waals surface area contributed by atoms with Gasteiger partial charge in [0.2, 0.25) is 0 Å². The summed E-state index contributed by atoms with van der Waals surface area (Å²) >= 11 is 0. The Kier molecular flexibility index (Phi) is 6.54. The first kappa shape index (κ1) is 13.4. The van der Waals surface area contributed by atoms with Crippen molar-refractivity contribution in [3.63, 3.8) is 0 Å². The summed E-state index contributed by atoms with van der Waals surface area (Å²) < 4.78 is 9.85. The van der Waals surface area contributed by atoms with E-state index in [2.05, 4.69) is 20.8 Å². The van der Waals surface area contributed by atoms with E-state index in [9.17, 15) is 4.79 Å². The van der Waals surface area contributed by atoms with E-state index in [1.54, 1.807) is 7.11 Å². The van der Waals surface area contributed by atoms with Crippen molar-refractivity contribution >= 4 is 5.97 Å². The van der Waals surface area contributed by atoms with Crippen LogP contribution in [0.3, 0.4) is 0 Å². The zero-order valence-corrected chi connectivity index (χ0v) is 9.87. The minimum Gasteiger partial charge on any atom is -0.463 e. The van der Waals surface area contributed by atoms with Crippen molar-refractivity contribution < 1.29 is 14.3 Å². The average Bonchev–Trinajstić information content (AvgIpc) is 2.15. The molecule has 0 saturated heterocycles. The summed E-state index contributed by atoms with van der Waals surface area (Å²) in [5, 5.41) is 0. The van der Waals surface area contributed by atoms with E-state index in [1.165, 1.54) is 0 Å². The third-order valence-corrected chi connectivity index (χ3v) is 2.74. The first-order valence-corrected chi connectivity index (χ1v) is 5.16. The fourth-order valence-electron chi connectivity index (χ4n) is 1.15. The van der Waals surface area contributed by atoms with Gasteiger partial charge in [0, 0.05) is 7.11 Å². The predicted molar refractivity (Wildman–Crippen MR) is 56.0 cm³/mol. The normalized spacial score (nSPS) is 15.3. The number of methoxy groups -OCH3 is 1. The van der Waals surface area contributed by atoms with Crippen molar-refractivity contribution in [1.29, 1.82) is 0 Å². The van der Waals surface area contributed by atoms with Crippen LogP contribution in [-0.4, -0.2) is 26.3 Å². The van der Waals surface area contributed by atoms with E-state index < -0.39 is 0 Å². The van der Waals surface area contributed by atoms with Gasteiger partial charge in [-0.3, -0.25) is 4.79 Å². The van der Waals surface area contributed by atoms with Crippen LogP contribution in [-0.2, 0) is 14.3 Å². The molecule has 0 heterocycles. The molecule has 0 aromatic carbocycles. The number of ether oxygens (including phenoxy) is 2. The minimum absolute atomic E-state index is 0.0353. The Morgan fingerprint density at radius 2 is 1.71 bits per heavy atom. The molecule has 0 aliphatic carbocycles. The number of esters is 1. The van der Waals surface area contributed by atoms with E-state index in [-0.39, 0.29) is 11.9 Å². The smallest absolute Gasteiger partial charge is 0.309 e. The molecule has 3 nitrogen and oxygen atoms in total. The standard InChI is InChI=1S/C11H22O3/c1-8(2)9(3)10(4)11(12)14-7-6-13-5/h8-10H,6-7H2,1-5H3. The number of rotatable bonds is 6. The first-order valence-electron chi connectivity index (χ1n) is 5.16. The van der Waals surface area contributed by atoms with Crippen molar-refractivity contribution in [3.05, 3.63) is 0 Å². The molecular formula is C11H22O3. The van der Waals surface area contributed by atoms with Crippen LogP contribution in [0.2, 0.25) is 0 Å². The summed E-state index contributed by atoms with van der Waals surface area (Å²) in [4.78, 5) is 11.5. The van der Waals surface area contributed by atoms with Gasteiger partial charge in [-0.05, 0) is 11.8 Å². The van der Waals surface area contributed by atoms with Gasteiger partial charge >= 0.3 is 5.97 Å². The first-order chi connectivity index (χ1) is 6.50. The maximum atomic E-state index is 11.5. The summed E-state index contributed by atoms with van der Waals surface area (Å²) in [6.45, 7) is 9.04. The van der Waals surface area contributed by atoms with E-state index >= 15 is 0 Å². The quantitative estimate of drug-likeness (QED) is 0.489. The summed E-state index contributed by atoms with van der Waals surface area (Å²) in [6.07, 6.45) is 0. The Hall–Kier alpha value is -0.570.